The van der Waals surface area contributed by atoms with Gasteiger partial charge in [0.15, 0.2) is 5.11 Å². The SMILES string of the molecule is CN(C)c1ccc(/C=C2\CCCC3C2=NN(C(N)=S)C3c2ccc(N(C)C)cc2)cc1. The lowest BCUT2D eigenvalue weighted by Crippen LogP contribution is -2.35. The van der Waals surface area contributed by atoms with Gasteiger partial charge in [0.1, 0.15) is 0 Å². The number of thiocarbonyl (C=S) groups is 1. The second-order valence-electron chi connectivity index (χ2n) is 8.75. The smallest absolute Gasteiger partial charge is 0.187 e. The minimum absolute atomic E-state index is 0.0588. The minimum Gasteiger partial charge on any atom is -0.378 e. The third-order valence-electron chi connectivity index (χ3n) is 6.23. The number of fused-ring (bicyclic) bond motifs is 1. The van der Waals surface area contributed by atoms with Crippen molar-refractivity contribution in [1.82, 2.24) is 5.01 Å². The maximum absolute atomic E-state index is 6.12. The average molecular weight is 434 g/mol. The van der Waals surface area contributed by atoms with Gasteiger partial charge in [-0.1, -0.05) is 24.3 Å². The molecule has 1 aliphatic heterocycles. The van der Waals surface area contributed by atoms with Crippen LogP contribution in [0.25, 0.3) is 6.08 Å². The van der Waals surface area contributed by atoms with E-state index in [1.54, 1.807) is 0 Å². The summed E-state index contributed by atoms with van der Waals surface area (Å²) in [7, 11) is 8.22. The number of benzene rings is 2. The first-order valence-electron chi connectivity index (χ1n) is 10.8. The molecule has 31 heavy (non-hydrogen) atoms. The highest BCUT2D eigenvalue weighted by Gasteiger charge is 2.42. The maximum atomic E-state index is 6.12. The van der Waals surface area contributed by atoms with Crippen molar-refractivity contribution in [3.05, 3.63) is 65.2 Å². The molecule has 2 unspecified atom stereocenters. The van der Waals surface area contributed by atoms with E-state index < -0.39 is 0 Å². The molecule has 1 aliphatic carbocycles. The topological polar surface area (TPSA) is 48.1 Å². The summed E-state index contributed by atoms with van der Waals surface area (Å²) < 4.78 is 0. The normalized spacial score (nSPS) is 21.6. The fourth-order valence-corrected chi connectivity index (χ4v) is 4.71. The van der Waals surface area contributed by atoms with Crippen molar-refractivity contribution in [2.45, 2.75) is 25.3 Å². The van der Waals surface area contributed by atoms with Crippen molar-refractivity contribution in [2.24, 2.45) is 16.8 Å². The Morgan fingerprint density at radius 2 is 1.58 bits per heavy atom. The van der Waals surface area contributed by atoms with Crippen molar-refractivity contribution in [1.29, 1.82) is 0 Å². The number of allylic oxidation sites excluding steroid dienone is 1. The number of rotatable bonds is 4. The monoisotopic (exact) mass is 433 g/mol. The molecule has 0 bridgehead atoms. The Kier molecular flexibility index (Phi) is 6.01. The first-order chi connectivity index (χ1) is 14.8. The fourth-order valence-electron chi connectivity index (χ4n) is 4.56. The van der Waals surface area contributed by atoms with Crippen LogP contribution in [-0.4, -0.2) is 44.0 Å². The Morgan fingerprint density at radius 3 is 2.13 bits per heavy atom. The Hall–Kier alpha value is -2.86. The fraction of sp³-hybridized carbons (Fsp3) is 0.360. The van der Waals surface area contributed by atoms with Gasteiger partial charge in [-0.05, 0) is 78.5 Å². The van der Waals surface area contributed by atoms with Crippen LogP contribution in [0.1, 0.15) is 36.4 Å². The number of nitrogens with zero attached hydrogens (tertiary/aromatic N) is 4. The molecule has 1 fully saturated rings. The number of anilines is 2. The summed E-state index contributed by atoms with van der Waals surface area (Å²) in [5.74, 6) is 0.299. The molecule has 6 heteroatoms. The predicted octanol–water partition coefficient (Wildman–Crippen LogP) is 4.66. The summed E-state index contributed by atoms with van der Waals surface area (Å²) in [6, 6.07) is 17.4. The molecule has 4 rings (SSSR count). The second-order valence-corrected chi connectivity index (χ2v) is 9.17. The quantitative estimate of drug-likeness (QED) is 0.711. The molecule has 162 valence electrons. The van der Waals surface area contributed by atoms with E-state index >= 15 is 0 Å². The van der Waals surface area contributed by atoms with Gasteiger partial charge in [0.05, 0.1) is 11.8 Å². The van der Waals surface area contributed by atoms with Crippen molar-refractivity contribution in [3.63, 3.8) is 0 Å². The van der Waals surface area contributed by atoms with Gasteiger partial charge in [0.2, 0.25) is 0 Å². The van der Waals surface area contributed by atoms with Gasteiger partial charge in [0.25, 0.3) is 0 Å². The van der Waals surface area contributed by atoms with Gasteiger partial charge in [-0.15, -0.1) is 0 Å². The maximum Gasteiger partial charge on any atom is 0.187 e. The van der Waals surface area contributed by atoms with Crippen molar-refractivity contribution in [2.75, 3.05) is 38.0 Å². The number of nitrogens with two attached hydrogens (primary N) is 1. The van der Waals surface area contributed by atoms with Crippen LogP contribution in [0.5, 0.6) is 0 Å². The summed E-state index contributed by atoms with van der Waals surface area (Å²) in [5.41, 5.74) is 13.3. The molecular weight excluding hydrogens is 402 g/mol. The molecule has 2 aliphatic rings. The lowest BCUT2D eigenvalue weighted by Gasteiger charge is -2.30. The standard InChI is InChI=1S/C25H31N5S/c1-28(2)20-12-8-17(9-13-20)16-19-6-5-7-22-23(19)27-30(25(26)31)24(22)18-10-14-21(15-11-18)29(3)4/h8-16,22,24H,5-7H2,1-4H3,(H2,26,31)/b19-16+. The zero-order valence-electron chi connectivity index (χ0n) is 18.7. The van der Waals surface area contributed by atoms with Crippen LogP contribution < -0.4 is 15.5 Å². The number of hydrogen-bond acceptors (Lipinski definition) is 4. The molecule has 0 spiro atoms. The van der Waals surface area contributed by atoms with Gasteiger partial charge in [-0.25, -0.2) is 5.01 Å². The summed E-state index contributed by atoms with van der Waals surface area (Å²) in [6.07, 6.45) is 5.54. The second kappa shape index (κ2) is 8.71. The Bertz CT molecular complexity index is 1010. The number of hydrazone groups is 1. The zero-order chi connectivity index (χ0) is 22.1. The van der Waals surface area contributed by atoms with Crippen LogP contribution in [0, 0.1) is 5.92 Å². The van der Waals surface area contributed by atoms with Crippen LogP contribution in [0.2, 0.25) is 0 Å². The molecule has 2 aromatic rings. The van der Waals surface area contributed by atoms with E-state index in [9.17, 15) is 0 Å². The van der Waals surface area contributed by atoms with E-state index in [0.29, 0.717) is 11.0 Å². The number of hydrogen-bond donors (Lipinski definition) is 1. The third kappa shape index (κ3) is 4.30. The molecule has 2 atom stereocenters. The summed E-state index contributed by atoms with van der Waals surface area (Å²) >= 11 is 5.39. The molecular formula is C25H31N5S. The first kappa shape index (κ1) is 21.4. The minimum atomic E-state index is 0.0588. The van der Waals surface area contributed by atoms with E-state index in [2.05, 4.69) is 92.6 Å². The van der Waals surface area contributed by atoms with E-state index in [-0.39, 0.29) is 6.04 Å². The van der Waals surface area contributed by atoms with Gasteiger partial charge < -0.3 is 15.5 Å². The van der Waals surface area contributed by atoms with E-state index in [4.69, 9.17) is 23.1 Å². The Morgan fingerprint density at radius 1 is 1.00 bits per heavy atom. The Labute approximate surface area is 190 Å². The van der Waals surface area contributed by atoms with Crippen LogP contribution in [-0.2, 0) is 0 Å². The van der Waals surface area contributed by atoms with Crippen LogP contribution in [0.4, 0.5) is 11.4 Å². The van der Waals surface area contributed by atoms with E-state index in [1.165, 1.54) is 28.1 Å². The summed E-state index contributed by atoms with van der Waals surface area (Å²) in [5, 5.41) is 7.13. The molecule has 1 heterocycles. The molecule has 0 aromatic heterocycles. The van der Waals surface area contributed by atoms with Crippen LogP contribution >= 0.6 is 12.2 Å². The van der Waals surface area contributed by atoms with E-state index in [0.717, 1.165) is 25.0 Å². The molecule has 2 N–H and O–H groups in total. The van der Waals surface area contributed by atoms with Crippen molar-refractivity contribution >= 4 is 40.5 Å². The van der Waals surface area contributed by atoms with Crippen molar-refractivity contribution < 1.29 is 0 Å². The van der Waals surface area contributed by atoms with Gasteiger partial charge in [0, 0.05) is 45.5 Å². The van der Waals surface area contributed by atoms with Gasteiger partial charge >= 0.3 is 0 Å². The molecule has 0 saturated heterocycles. The van der Waals surface area contributed by atoms with Gasteiger partial charge in [-0.3, -0.25) is 0 Å². The zero-order valence-corrected chi connectivity index (χ0v) is 19.6. The largest absolute Gasteiger partial charge is 0.378 e. The molecule has 0 radical (unpaired) electrons. The summed E-state index contributed by atoms with van der Waals surface area (Å²) in [6.45, 7) is 0. The van der Waals surface area contributed by atoms with E-state index in [1.807, 2.05) is 5.01 Å². The Balaban J connectivity index is 1.66. The lowest BCUT2D eigenvalue weighted by molar-refractivity contribution is 0.305. The lowest BCUT2D eigenvalue weighted by atomic mass is 9.77. The predicted molar refractivity (Wildman–Crippen MR) is 136 cm³/mol. The average Bonchev–Trinajstić information content (AvgIpc) is 3.15. The first-order valence-corrected chi connectivity index (χ1v) is 11.2. The van der Waals surface area contributed by atoms with Gasteiger partial charge in [-0.2, -0.15) is 5.10 Å². The van der Waals surface area contributed by atoms with Crippen LogP contribution in [0.3, 0.4) is 0 Å². The molecule has 2 aromatic carbocycles. The summed E-state index contributed by atoms with van der Waals surface area (Å²) in [4.78, 5) is 4.22. The highest BCUT2D eigenvalue weighted by molar-refractivity contribution is 7.80. The third-order valence-corrected chi connectivity index (χ3v) is 6.42. The van der Waals surface area contributed by atoms with Crippen LogP contribution in [0.15, 0.2) is 59.2 Å². The molecule has 0 amide bonds. The highest BCUT2D eigenvalue weighted by Crippen LogP contribution is 2.44. The highest BCUT2D eigenvalue weighted by atomic mass is 32.1. The van der Waals surface area contributed by atoms with Crippen molar-refractivity contribution in [3.8, 4) is 0 Å². The molecule has 1 saturated carbocycles. The molecule has 5 nitrogen and oxygen atoms in total.